The van der Waals surface area contributed by atoms with Crippen LogP contribution in [0.15, 0.2) is 85.1 Å². The molecule has 0 saturated carbocycles. The van der Waals surface area contributed by atoms with Crippen LogP contribution in [0.25, 0.3) is 33.3 Å². The molecule has 0 spiro atoms. The van der Waals surface area contributed by atoms with E-state index in [1.807, 2.05) is 72.8 Å². The number of carbonyl (C=O) groups is 1. The molecule has 2 aromatic heterocycles. The number of aromatic nitrogens is 3. The number of H-pyrrole nitrogens is 1. The van der Waals surface area contributed by atoms with Gasteiger partial charge in [-0.1, -0.05) is 30.3 Å². The van der Waals surface area contributed by atoms with Crippen LogP contribution in [0.5, 0.6) is 0 Å². The van der Waals surface area contributed by atoms with Gasteiger partial charge in [-0.2, -0.15) is 0 Å². The van der Waals surface area contributed by atoms with E-state index < -0.39 is 0 Å². The molecule has 0 saturated heterocycles. The van der Waals surface area contributed by atoms with Crippen LogP contribution < -0.4 is 5.32 Å². The van der Waals surface area contributed by atoms with Crippen LogP contribution in [0.4, 0.5) is 5.69 Å². The first-order valence-electron chi connectivity index (χ1n) is 8.98. The Balaban J connectivity index is 1.40. The molecule has 2 heterocycles. The normalized spacial score (nSPS) is 11.0. The van der Waals surface area contributed by atoms with Gasteiger partial charge in [-0.25, -0.2) is 4.98 Å². The van der Waals surface area contributed by atoms with Gasteiger partial charge in [0, 0.05) is 22.8 Å². The second kappa shape index (κ2) is 6.63. The lowest BCUT2D eigenvalue weighted by Gasteiger charge is -2.08. The third-order valence-electron chi connectivity index (χ3n) is 4.70. The molecule has 28 heavy (non-hydrogen) atoms. The molecular formula is C23H16N4O. The van der Waals surface area contributed by atoms with E-state index in [9.17, 15) is 4.79 Å². The van der Waals surface area contributed by atoms with Crippen LogP contribution in [0.2, 0.25) is 0 Å². The number of benzene rings is 3. The molecule has 1 amide bonds. The second-order valence-electron chi connectivity index (χ2n) is 6.51. The number of hydrogen-bond acceptors (Lipinski definition) is 3. The molecule has 0 aliphatic carbocycles. The van der Waals surface area contributed by atoms with E-state index in [4.69, 9.17) is 0 Å². The van der Waals surface area contributed by atoms with Crippen molar-refractivity contribution in [2.45, 2.75) is 0 Å². The second-order valence-corrected chi connectivity index (χ2v) is 6.51. The fourth-order valence-corrected chi connectivity index (χ4v) is 3.29. The fourth-order valence-electron chi connectivity index (χ4n) is 3.29. The van der Waals surface area contributed by atoms with Gasteiger partial charge in [-0.15, -0.1) is 0 Å². The highest BCUT2D eigenvalue weighted by Crippen LogP contribution is 2.23. The Morgan fingerprint density at radius 2 is 1.57 bits per heavy atom. The zero-order valence-corrected chi connectivity index (χ0v) is 14.9. The quantitative estimate of drug-likeness (QED) is 0.472. The Morgan fingerprint density at radius 3 is 2.39 bits per heavy atom. The number of rotatable bonds is 3. The molecule has 2 N–H and O–H groups in total. The number of carbonyl (C=O) groups excluding carboxylic acids is 1. The van der Waals surface area contributed by atoms with Crippen LogP contribution >= 0.6 is 0 Å². The van der Waals surface area contributed by atoms with Crippen molar-refractivity contribution in [3.8, 4) is 11.4 Å². The third-order valence-corrected chi connectivity index (χ3v) is 4.70. The summed E-state index contributed by atoms with van der Waals surface area (Å²) >= 11 is 0. The predicted octanol–water partition coefficient (Wildman–Crippen LogP) is 5.03. The summed E-state index contributed by atoms with van der Waals surface area (Å²) in [6.07, 6.45) is 1.65. The van der Waals surface area contributed by atoms with E-state index in [2.05, 4.69) is 20.3 Å². The van der Waals surface area contributed by atoms with Gasteiger partial charge in [0.25, 0.3) is 5.91 Å². The van der Waals surface area contributed by atoms with E-state index in [-0.39, 0.29) is 5.91 Å². The Morgan fingerprint density at radius 1 is 0.821 bits per heavy atom. The van der Waals surface area contributed by atoms with Gasteiger partial charge in [0.1, 0.15) is 5.82 Å². The molecule has 5 nitrogen and oxygen atoms in total. The van der Waals surface area contributed by atoms with Crippen molar-refractivity contribution in [1.82, 2.24) is 15.0 Å². The minimum atomic E-state index is -0.157. The molecule has 5 rings (SSSR count). The Bertz CT molecular complexity index is 1270. The Labute approximate surface area is 161 Å². The molecule has 0 atom stereocenters. The van der Waals surface area contributed by atoms with Gasteiger partial charge >= 0.3 is 0 Å². The number of pyridine rings is 1. The minimum absolute atomic E-state index is 0.157. The first-order chi connectivity index (χ1) is 13.8. The number of amides is 1. The SMILES string of the molecule is O=C(Nc1ccc(-c2nc3ccccc3[nH]2)cc1)c1ccnc2ccccc12. The number of nitrogens with zero attached hydrogens (tertiary/aromatic N) is 2. The van der Waals surface area contributed by atoms with Crippen molar-refractivity contribution < 1.29 is 4.79 Å². The summed E-state index contributed by atoms with van der Waals surface area (Å²) in [6, 6.07) is 24.9. The number of para-hydroxylation sites is 3. The lowest BCUT2D eigenvalue weighted by atomic mass is 10.1. The van der Waals surface area contributed by atoms with E-state index in [1.165, 1.54) is 0 Å². The van der Waals surface area contributed by atoms with Crippen LogP contribution in [-0.4, -0.2) is 20.9 Å². The average molecular weight is 364 g/mol. The molecule has 0 bridgehead atoms. The van der Waals surface area contributed by atoms with E-state index in [0.717, 1.165) is 39.0 Å². The van der Waals surface area contributed by atoms with E-state index >= 15 is 0 Å². The summed E-state index contributed by atoms with van der Waals surface area (Å²) in [5, 5.41) is 3.79. The van der Waals surface area contributed by atoms with Crippen molar-refractivity contribution in [2.24, 2.45) is 0 Å². The summed E-state index contributed by atoms with van der Waals surface area (Å²) < 4.78 is 0. The number of anilines is 1. The molecule has 0 fully saturated rings. The molecule has 134 valence electrons. The minimum Gasteiger partial charge on any atom is -0.338 e. The predicted molar refractivity (Wildman–Crippen MR) is 111 cm³/mol. The van der Waals surface area contributed by atoms with Crippen molar-refractivity contribution in [1.29, 1.82) is 0 Å². The third kappa shape index (κ3) is 2.89. The molecular weight excluding hydrogens is 348 g/mol. The molecule has 5 heteroatoms. The van der Waals surface area contributed by atoms with Crippen molar-refractivity contribution in [3.63, 3.8) is 0 Å². The van der Waals surface area contributed by atoms with E-state index in [0.29, 0.717) is 5.56 Å². The molecule has 0 aliphatic rings. The van der Waals surface area contributed by atoms with Crippen molar-refractivity contribution >= 4 is 33.5 Å². The van der Waals surface area contributed by atoms with Gasteiger partial charge in [0.05, 0.1) is 22.1 Å². The van der Waals surface area contributed by atoms with Gasteiger partial charge in [-0.05, 0) is 48.5 Å². The molecule has 0 radical (unpaired) electrons. The number of nitrogens with one attached hydrogen (secondary N) is 2. The average Bonchev–Trinajstić information content (AvgIpc) is 3.18. The highest BCUT2D eigenvalue weighted by molar-refractivity contribution is 6.12. The zero-order valence-electron chi connectivity index (χ0n) is 14.9. The monoisotopic (exact) mass is 364 g/mol. The Kier molecular flexibility index (Phi) is 3.84. The van der Waals surface area contributed by atoms with Gasteiger partial charge in [0.2, 0.25) is 0 Å². The maximum absolute atomic E-state index is 12.7. The van der Waals surface area contributed by atoms with Gasteiger partial charge < -0.3 is 10.3 Å². The number of aromatic amines is 1. The van der Waals surface area contributed by atoms with Gasteiger partial charge in [-0.3, -0.25) is 9.78 Å². The summed E-state index contributed by atoms with van der Waals surface area (Å²) in [5.74, 6) is 0.647. The number of imidazole rings is 1. The van der Waals surface area contributed by atoms with Crippen molar-refractivity contribution in [3.05, 3.63) is 90.6 Å². The first kappa shape index (κ1) is 16.2. The van der Waals surface area contributed by atoms with Crippen LogP contribution in [0.1, 0.15) is 10.4 Å². The summed E-state index contributed by atoms with van der Waals surface area (Å²) in [4.78, 5) is 25.0. The Hall–Kier alpha value is -3.99. The smallest absolute Gasteiger partial charge is 0.256 e. The van der Waals surface area contributed by atoms with Crippen LogP contribution in [0.3, 0.4) is 0 Å². The highest BCUT2D eigenvalue weighted by atomic mass is 16.1. The standard InChI is InChI=1S/C23H16N4O/c28-23(18-13-14-24-19-6-2-1-5-17(18)19)25-16-11-9-15(10-12-16)22-26-20-7-3-4-8-21(20)27-22/h1-14H,(H,25,28)(H,26,27). The largest absolute Gasteiger partial charge is 0.338 e. The van der Waals surface area contributed by atoms with Crippen LogP contribution in [0, 0.1) is 0 Å². The first-order valence-corrected chi connectivity index (χ1v) is 8.98. The van der Waals surface area contributed by atoms with Crippen molar-refractivity contribution in [2.75, 3.05) is 5.32 Å². The lowest BCUT2D eigenvalue weighted by Crippen LogP contribution is -2.12. The summed E-state index contributed by atoms with van der Waals surface area (Å²) in [6.45, 7) is 0. The maximum atomic E-state index is 12.7. The van der Waals surface area contributed by atoms with Gasteiger partial charge in [0.15, 0.2) is 0 Å². The molecule has 0 aliphatic heterocycles. The zero-order chi connectivity index (χ0) is 18.9. The maximum Gasteiger partial charge on any atom is 0.256 e. The molecule has 5 aromatic rings. The molecule has 3 aromatic carbocycles. The fraction of sp³-hybridized carbons (Fsp3) is 0. The highest BCUT2D eigenvalue weighted by Gasteiger charge is 2.11. The number of fused-ring (bicyclic) bond motifs is 2. The lowest BCUT2D eigenvalue weighted by molar-refractivity contribution is 0.102. The number of hydrogen-bond donors (Lipinski definition) is 2. The van der Waals surface area contributed by atoms with Crippen LogP contribution in [-0.2, 0) is 0 Å². The van der Waals surface area contributed by atoms with E-state index in [1.54, 1.807) is 12.3 Å². The summed E-state index contributed by atoms with van der Waals surface area (Å²) in [7, 11) is 0. The summed E-state index contributed by atoms with van der Waals surface area (Å²) in [5.41, 5.74) is 5.02. The topological polar surface area (TPSA) is 70.7 Å². The molecule has 0 unspecified atom stereocenters.